The first-order chi connectivity index (χ1) is 7.09. The van der Waals surface area contributed by atoms with Crippen LogP contribution >= 0.6 is 15.9 Å². The van der Waals surface area contributed by atoms with Crippen molar-refractivity contribution in [2.75, 3.05) is 6.61 Å². The van der Waals surface area contributed by atoms with Crippen LogP contribution in [0.3, 0.4) is 0 Å². The van der Waals surface area contributed by atoms with Crippen LogP contribution in [0.15, 0.2) is 28.7 Å². The minimum Gasteiger partial charge on any atom is -0.369 e. The third-order valence-electron chi connectivity index (χ3n) is 2.07. The highest BCUT2D eigenvalue weighted by Crippen LogP contribution is 2.11. The second-order valence-corrected chi connectivity index (χ2v) is 4.66. The number of hydrogen-bond donors (Lipinski definition) is 0. The van der Waals surface area contributed by atoms with Gasteiger partial charge in [0, 0.05) is 10.4 Å². The molecule has 0 saturated carbocycles. The van der Waals surface area contributed by atoms with Crippen molar-refractivity contribution in [3.63, 3.8) is 0 Å². The molecule has 0 atom stereocenters. The summed E-state index contributed by atoms with van der Waals surface area (Å²) in [5.41, 5.74) is 1.08. The molecule has 1 aromatic carbocycles. The molecule has 1 aromatic rings. The van der Waals surface area contributed by atoms with Crippen LogP contribution in [0.2, 0.25) is 0 Å². The zero-order valence-corrected chi connectivity index (χ0v) is 10.6. The molecule has 0 fully saturated rings. The van der Waals surface area contributed by atoms with Crippen molar-refractivity contribution in [1.29, 1.82) is 0 Å². The summed E-state index contributed by atoms with van der Waals surface area (Å²) in [6.07, 6.45) is 0. The molecule has 15 heavy (non-hydrogen) atoms. The van der Waals surface area contributed by atoms with Gasteiger partial charge in [-0.3, -0.25) is 4.79 Å². The van der Waals surface area contributed by atoms with E-state index in [1.54, 1.807) is 0 Å². The van der Waals surface area contributed by atoms with E-state index in [2.05, 4.69) is 15.9 Å². The zero-order chi connectivity index (χ0) is 11.3. The molecular formula is C12H15BrO2. The topological polar surface area (TPSA) is 26.3 Å². The first-order valence-electron chi connectivity index (χ1n) is 4.94. The van der Waals surface area contributed by atoms with Crippen molar-refractivity contribution in [3.8, 4) is 0 Å². The minimum atomic E-state index is 0.0508. The van der Waals surface area contributed by atoms with E-state index >= 15 is 0 Å². The van der Waals surface area contributed by atoms with Crippen LogP contribution in [0.1, 0.15) is 19.4 Å². The van der Waals surface area contributed by atoms with Crippen molar-refractivity contribution in [1.82, 2.24) is 0 Å². The normalized spacial score (nSPS) is 10.7. The van der Waals surface area contributed by atoms with Crippen molar-refractivity contribution >= 4 is 21.7 Å². The zero-order valence-electron chi connectivity index (χ0n) is 9.00. The van der Waals surface area contributed by atoms with Gasteiger partial charge in [-0.25, -0.2) is 0 Å². The van der Waals surface area contributed by atoms with E-state index in [1.165, 1.54) is 0 Å². The number of ether oxygens (including phenoxy) is 1. The van der Waals surface area contributed by atoms with Gasteiger partial charge in [0.05, 0.1) is 6.61 Å². The maximum atomic E-state index is 11.3. The average molecular weight is 271 g/mol. The molecule has 3 heteroatoms. The maximum absolute atomic E-state index is 11.3. The fraction of sp³-hybridized carbons (Fsp3) is 0.417. The summed E-state index contributed by atoms with van der Waals surface area (Å²) in [5.74, 6) is 0.196. The van der Waals surface area contributed by atoms with Crippen LogP contribution in [0, 0.1) is 5.92 Å². The lowest BCUT2D eigenvalue weighted by atomic mass is 10.1. The Labute approximate surface area is 98.8 Å². The number of Topliss-reactive ketones (excluding diaryl/α,β-unsaturated/α-hetero) is 1. The quantitative estimate of drug-likeness (QED) is 0.822. The van der Waals surface area contributed by atoms with Gasteiger partial charge in [-0.05, 0) is 17.7 Å². The molecule has 0 heterocycles. The SMILES string of the molecule is CC(C)C(=O)COCc1ccc(Br)cc1. The molecule has 0 radical (unpaired) electrons. The van der Waals surface area contributed by atoms with E-state index in [4.69, 9.17) is 4.74 Å². The van der Waals surface area contributed by atoms with Crippen molar-refractivity contribution in [3.05, 3.63) is 34.3 Å². The number of rotatable bonds is 5. The highest BCUT2D eigenvalue weighted by Gasteiger charge is 2.06. The Kier molecular flexibility index (Phi) is 4.99. The van der Waals surface area contributed by atoms with Crippen LogP contribution in [0.5, 0.6) is 0 Å². The lowest BCUT2D eigenvalue weighted by Crippen LogP contribution is -2.14. The number of benzene rings is 1. The van der Waals surface area contributed by atoms with E-state index in [9.17, 15) is 4.79 Å². The Balaban J connectivity index is 2.32. The van der Waals surface area contributed by atoms with Gasteiger partial charge in [-0.2, -0.15) is 0 Å². The van der Waals surface area contributed by atoms with Crippen LogP contribution in [-0.4, -0.2) is 12.4 Å². The summed E-state index contributed by atoms with van der Waals surface area (Å²) >= 11 is 3.36. The molecular weight excluding hydrogens is 256 g/mol. The van der Waals surface area contributed by atoms with E-state index in [0.29, 0.717) is 6.61 Å². The van der Waals surface area contributed by atoms with Gasteiger partial charge in [0.15, 0.2) is 5.78 Å². The maximum Gasteiger partial charge on any atom is 0.160 e. The second kappa shape index (κ2) is 6.03. The summed E-state index contributed by atoms with van der Waals surface area (Å²) in [5, 5.41) is 0. The van der Waals surface area contributed by atoms with Crippen molar-refractivity contribution < 1.29 is 9.53 Å². The number of carbonyl (C=O) groups excluding carboxylic acids is 1. The van der Waals surface area contributed by atoms with Gasteiger partial charge < -0.3 is 4.74 Å². The van der Waals surface area contributed by atoms with Gasteiger partial charge in [-0.1, -0.05) is 41.9 Å². The fourth-order valence-corrected chi connectivity index (χ4v) is 1.28. The first kappa shape index (κ1) is 12.4. The highest BCUT2D eigenvalue weighted by molar-refractivity contribution is 9.10. The summed E-state index contributed by atoms with van der Waals surface area (Å²) in [7, 11) is 0. The standard InChI is InChI=1S/C12H15BrO2/c1-9(2)12(14)8-15-7-10-3-5-11(13)6-4-10/h3-6,9H,7-8H2,1-2H3. The Morgan fingerprint density at radius 3 is 2.47 bits per heavy atom. The fourth-order valence-electron chi connectivity index (χ4n) is 1.02. The number of halogens is 1. The molecule has 1 rings (SSSR count). The summed E-state index contributed by atoms with van der Waals surface area (Å²) in [6, 6.07) is 7.87. The lowest BCUT2D eigenvalue weighted by Gasteiger charge is -2.05. The van der Waals surface area contributed by atoms with Gasteiger partial charge in [0.2, 0.25) is 0 Å². The largest absolute Gasteiger partial charge is 0.369 e. The number of ketones is 1. The smallest absolute Gasteiger partial charge is 0.160 e. The number of carbonyl (C=O) groups is 1. The van der Waals surface area contributed by atoms with Gasteiger partial charge in [0.1, 0.15) is 6.61 Å². The molecule has 0 unspecified atom stereocenters. The van der Waals surface area contributed by atoms with Crippen LogP contribution in [-0.2, 0) is 16.1 Å². The van der Waals surface area contributed by atoms with Crippen LogP contribution in [0.4, 0.5) is 0 Å². The highest BCUT2D eigenvalue weighted by atomic mass is 79.9. The molecule has 0 N–H and O–H groups in total. The molecule has 0 aliphatic carbocycles. The summed E-state index contributed by atoms with van der Waals surface area (Å²) in [6.45, 7) is 4.45. The predicted molar refractivity (Wildman–Crippen MR) is 63.6 cm³/mol. The Morgan fingerprint density at radius 1 is 1.33 bits per heavy atom. The Hall–Kier alpha value is -0.670. The molecule has 0 aliphatic heterocycles. The van der Waals surface area contributed by atoms with E-state index in [1.807, 2.05) is 38.1 Å². The molecule has 0 aromatic heterocycles. The molecule has 0 aliphatic rings. The van der Waals surface area contributed by atoms with Crippen molar-refractivity contribution in [2.45, 2.75) is 20.5 Å². The third kappa shape index (κ3) is 4.58. The van der Waals surface area contributed by atoms with Crippen LogP contribution < -0.4 is 0 Å². The molecule has 2 nitrogen and oxygen atoms in total. The van der Waals surface area contributed by atoms with Gasteiger partial charge in [0.25, 0.3) is 0 Å². The monoisotopic (exact) mass is 270 g/mol. The van der Waals surface area contributed by atoms with Crippen LogP contribution in [0.25, 0.3) is 0 Å². The van der Waals surface area contributed by atoms with Crippen molar-refractivity contribution in [2.24, 2.45) is 5.92 Å². The minimum absolute atomic E-state index is 0.0508. The molecule has 0 spiro atoms. The lowest BCUT2D eigenvalue weighted by molar-refractivity contribution is -0.126. The molecule has 0 bridgehead atoms. The van der Waals surface area contributed by atoms with E-state index in [0.717, 1.165) is 10.0 Å². The Bertz CT molecular complexity index is 317. The summed E-state index contributed by atoms with van der Waals surface area (Å²) in [4.78, 5) is 11.3. The average Bonchev–Trinajstić information content (AvgIpc) is 2.20. The third-order valence-corrected chi connectivity index (χ3v) is 2.60. The van der Waals surface area contributed by atoms with E-state index < -0.39 is 0 Å². The number of hydrogen-bond acceptors (Lipinski definition) is 2. The Morgan fingerprint density at radius 2 is 1.93 bits per heavy atom. The van der Waals surface area contributed by atoms with E-state index in [-0.39, 0.29) is 18.3 Å². The van der Waals surface area contributed by atoms with Gasteiger partial charge in [-0.15, -0.1) is 0 Å². The molecule has 0 amide bonds. The predicted octanol–water partition coefficient (Wildman–Crippen LogP) is 3.19. The first-order valence-corrected chi connectivity index (χ1v) is 5.74. The summed E-state index contributed by atoms with van der Waals surface area (Å²) < 4.78 is 6.36. The second-order valence-electron chi connectivity index (χ2n) is 3.74. The molecule has 82 valence electrons. The van der Waals surface area contributed by atoms with Gasteiger partial charge >= 0.3 is 0 Å². The molecule has 0 saturated heterocycles.